The smallest absolute Gasteiger partial charge is 0.273 e. The number of carbonyl (C=O) groups excluding carboxylic acids is 1. The number of aliphatic hydroxyl groups is 1. The Bertz CT molecular complexity index is 522. The predicted molar refractivity (Wildman–Crippen MR) is 73.0 cm³/mol. The molecule has 2 aromatic heterocycles. The molecule has 2 N–H and O–H groups in total. The normalized spacial score (nSPS) is 12.3. The molecular formula is C13H16N2O3S. The molecule has 1 amide bonds. The van der Waals surface area contributed by atoms with Gasteiger partial charge in [-0.25, -0.2) is 0 Å². The first kappa shape index (κ1) is 13.8. The maximum absolute atomic E-state index is 11.8. The van der Waals surface area contributed by atoms with E-state index in [2.05, 4.69) is 10.5 Å². The van der Waals surface area contributed by atoms with E-state index in [1.54, 1.807) is 6.07 Å². The van der Waals surface area contributed by atoms with Gasteiger partial charge in [0.2, 0.25) is 0 Å². The number of hydrogen-bond donors (Lipinski definition) is 2. The average Bonchev–Trinajstić information content (AvgIpc) is 3.06. The van der Waals surface area contributed by atoms with Crippen molar-refractivity contribution in [3.8, 4) is 10.6 Å². The molecule has 0 saturated heterocycles. The lowest BCUT2D eigenvalue weighted by atomic mass is 10.1. The number of thiophene rings is 1. The Kier molecular flexibility index (Phi) is 4.70. The van der Waals surface area contributed by atoms with Crippen LogP contribution in [0, 0.1) is 5.92 Å². The van der Waals surface area contributed by atoms with Gasteiger partial charge in [-0.1, -0.05) is 18.1 Å². The van der Waals surface area contributed by atoms with Gasteiger partial charge in [0.05, 0.1) is 4.88 Å². The lowest BCUT2D eigenvalue weighted by molar-refractivity contribution is 0.0936. The number of nitrogens with zero attached hydrogens (tertiary/aromatic N) is 1. The van der Waals surface area contributed by atoms with Gasteiger partial charge in [-0.05, 0) is 23.8 Å². The highest BCUT2D eigenvalue weighted by Crippen LogP contribution is 2.24. The molecule has 1 unspecified atom stereocenters. The molecule has 2 rings (SSSR count). The van der Waals surface area contributed by atoms with Crippen molar-refractivity contribution in [1.29, 1.82) is 0 Å². The van der Waals surface area contributed by atoms with Crippen molar-refractivity contribution in [1.82, 2.24) is 10.5 Å². The van der Waals surface area contributed by atoms with E-state index in [0.717, 1.165) is 4.88 Å². The molecule has 6 heteroatoms. The van der Waals surface area contributed by atoms with Crippen LogP contribution in [0.15, 0.2) is 28.1 Å². The van der Waals surface area contributed by atoms with Gasteiger partial charge in [0.15, 0.2) is 11.5 Å². The Morgan fingerprint density at radius 3 is 3.16 bits per heavy atom. The number of rotatable bonds is 6. The molecule has 0 saturated carbocycles. The van der Waals surface area contributed by atoms with Gasteiger partial charge in [0, 0.05) is 19.2 Å². The molecule has 0 bridgehead atoms. The van der Waals surface area contributed by atoms with Crippen LogP contribution in [0.1, 0.15) is 23.8 Å². The van der Waals surface area contributed by atoms with E-state index < -0.39 is 0 Å². The minimum atomic E-state index is -0.253. The zero-order valence-corrected chi connectivity index (χ0v) is 11.4. The van der Waals surface area contributed by atoms with E-state index in [0.29, 0.717) is 18.7 Å². The number of hydrogen-bond acceptors (Lipinski definition) is 5. The molecule has 0 aliphatic carbocycles. The van der Waals surface area contributed by atoms with Gasteiger partial charge in [-0.15, -0.1) is 11.3 Å². The highest BCUT2D eigenvalue weighted by Gasteiger charge is 2.14. The van der Waals surface area contributed by atoms with Gasteiger partial charge in [-0.3, -0.25) is 4.79 Å². The summed E-state index contributed by atoms with van der Waals surface area (Å²) in [5, 5.41) is 17.3. The molecule has 0 aliphatic heterocycles. The summed E-state index contributed by atoms with van der Waals surface area (Å²) >= 11 is 1.53. The van der Waals surface area contributed by atoms with Crippen molar-refractivity contribution in [2.45, 2.75) is 13.3 Å². The minimum absolute atomic E-state index is 0.128. The van der Waals surface area contributed by atoms with Gasteiger partial charge in [0.25, 0.3) is 5.91 Å². The molecule has 0 aromatic carbocycles. The van der Waals surface area contributed by atoms with Gasteiger partial charge < -0.3 is 14.9 Å². The lowest BCUT2D eigenvalue weighted by Gasteiger charge is -2.09. The Hall–Kier alpha value is -1.66. The first-order valence-electron chi connectivity index (χ1n) is 6.10. The van der Waals surface area contributed by atoms with Crippen LogP contribution < -0.4 is 5.32 Å². The van der Waals surface area contributed by atoms with E-state index in [1.807, 2.05) is 24.4 Å². The van der Waals surface area contributed by atoms with E-state index in [-0.39, 0.29) is 24.1 Å². The number of carbonyl (C=O) groups is 1. The van der Waals surface area contributed by atoms with Crippen molar-refractivity contribution in [2.75, 3.05) is 13.2 Å². The van der Waals surface area contributed by atoms with E-state index in [4.69, 9.17) is 9.63 Å². The second kappa shape index (κ2) is 6.49. The van der Waals surface area contributed by atoms with Gasteiger partial charge in [0.1, 0.15) is 0 Å². The average molecular weight is 280 g/mol. The lowest BCUT2D eigenvalue weighted by Crippen LogP contribution is -2.28. The highest BCUT2D eigenvalue weighted by molar-refractivity contribution is 7.13. The van der Waals surface area contributed by atoms with Crippen molar-refractivity contribution < 1.29 is 14.4 Å². The fraction of sp³-hybridized carbons (Fsp3) is 0.385. The maximum Gasteiger partial charge on any atom is 0.273 e. The summed E-state index contributed by atoms with van der Waals surface area (Å²) < 4.78 is 5.14. The standard InChI is InChI=1S/C13H16N2O3S/c1-9(4-5-16)8-14-13(17)10-7-11(18-15-10)12-3-2-6-19-12/h2-3,6-7,9,16H,4-5,8H2,1H3,(H,14,17). The maximum atomic E-state index is 11.8. The van der Waals surface area contributed by atoms with Crippen molar-refractivity contribution in [2.24, 2.45) is 5.92 Å². The summed E-state index contributed by atoms with van der Waals surface area (Å²) in [6.45, 7) is 2.61. The quantitative estimate of drug-likeness (QED) is 0.850. The van der Waals surface area contributed by atoms with E-state index in [9.17, 15) is 4.79 Å². The van der Waals surface area contributed by atoms with Crippen molar-refractivity contribution >= 4 is 17.2 Å². The highest BCUT2D eigenvalue weighted by atomic mass is 32.1. The van der Waals surface area contributed by atoms with Crippen LogP contribution >= 0.6 is 11.3 Å². The fourth-order valence-electron chi connectivity index (χ4n) is 1.60. The number of aromatic nitrogens is 1. The van der Waals surface area contributed by atoms with Crippen LogP contribution in [0.25, 0.3) is 10.6 Å². The van der Waals surface area contributed by atoms with Crippen LogP contribution in [-0.2, 0) is 0 Å². The van der Waals surface area contributed by atoms with Gasteiger partial charge in [-0.2, -0.15) is 0 Å². The Labute approximate surface area is 115 Å². The van der Waals surface area contributed by atoms with Crippen LogP contribution in [0.3, 0.4) is 0 Å². The van der Waals surface area contributed by atoms with Crippen molar-refractivity contribution in [3.05, 3.63) is 29.3 Å². The molecule has 102 valence electrons. The van der Waals surface area contributed by atoms with Crippen LogP contribution in [-0.4, -0.2) is 29.3 Å². The summed E-state index contributed by atoms with van der Waals surface area (Å²) in [5.74, 6) is 0.581. The fourth-order valence-corrected chi connectivity index (χ4v) is 2.27. The molecule has 2 heterocycles. The zero-order chi connectivity index (χ0) is 13.7. The Morgan fingerprint density at radius 1 is 1.63 bits per heavy atom. The molecule has 5 nitrogen and oxygen atoms in total. The monoisotopic (exact) mass is 280 g/mol. The molecule has 0 aliphatic rings. The Morgan fingerprint density at radius 2 is 2.47 bits per heavy atom. The first-order chi connectivity index (χ1) is 9.20. The van der Waals surface area contributed by atoms with Crippen LogP contribution in [0.5, 0.6) is 0 Å². The summed E-state index contributed by atoms with van der Waals surface area (Å²) in [4.78, 5) is 12.8. The summed E-state index contributed by atoms with van der Waals surface area (Å²) in [5.41, 5.74) is 0.277. The molecule has 0 spiro atoms. The SMILES string of the molecule is CC(CCO)CNC(=O)c1cc(-c2cccs2)on1. The third-order valence-electron chi connectivity index (χ3n) is 2.74. The topological polar surface area (TPSA) is 75.4 Å². The number of nitrogens with one attached hydrogen (secondary N) is 1. The zero-order valence-electron chi connectivity index (χ0n) is 10.6. The summed E-state index contributed by atoms with van der Waals surface area (Å²) in [6, 6.07) is 5.47. The molecular weight excluding hydrogens is 264 g/mol. The minimum Gasteiger partial charge on any atom is -0.396 e. The van der Waals surface area contributed by atoms with Crippen LogP contribution in [0.2, 0.25) is 0 Å². The second-order valence-corrected chi connectivity index (χ2v) is 5.33. The molecule has 19 heavy (non-hydrogen) atoms. The van der Waals surface area contributed by atoms with E-state index in [1.165, 1.54) is 11.3 Å². The molecule has 1 atom stereocenters. The Balaban J connectivity index is 1.93. The molecule has 0 fully saturated rings. The number of amides is 1. The van der Waals surface area contributed by atoms with Crippen molar-refractivity contribution in [3.63, 3.8) is 0 Å². The third kappa shape index (κ3) is 3.65. The summed E-state index contributed by atoms with van der Waals surface area (Å²) in [6.07, 6.45) is 0.666. The second-order valence-electron chi connectivity index (χ2n) is 4.38. The molecule has 2 aromatic rings. The van der Waals surface area contributed by atoms with Gasteiger partial charge >= 0.3 is 0 Å². The first-order valence-corrected chi connectivity index (χ1v) is 6.98. The largest absolute Gasteiger partial charge is 0.396 e. The van der Waals surface area contributed by atoms with Crippen LogP contribution in [0.4, 0.5) is 0 Å². The third-order valence-corrected chi connectivity index (χ3v) is 3.62. The number of aliphatic hydroxyl groups excluding tert-OH is 1. The summed E-state index contributed by atoms with van der Waals surface area (Å²) in [7, 11) is 0. The van der Waals surface area contributed by atoms with E-state index >= 15 is 0 Å². The molecule has 0 radical (unpaired) electrons. The predicted octanol–water partition coefficient (Wildman–Crippen LogP) is 2.15.